The second-order valence-corrected chi connectivity index (χ2v) is 8.70. The summed E-state index contributed by atoms with van der Waals surface area (Å²) in [5, 5.41) is 0. The number of aryl methyl sites for hydroxylation is 1. The summed E-state index contributed by atoms with van der Waals surface area (Å²) in [6, 6.07) is 8.65. The Hall–Kier alpha value is -2.29. The number of hydrogen-bond donors (Lipinski definition) is 0. The van der Waals surface area contributed by atoms with Crippen molar-refractivity contribution < 1.29 is 17.9 Å². The molecule has 2 aromatic rings. The van der Waals surface area contributed by atoms with Gasteiger partial charge in [0.05, 0.1) is 11.5 Å². The first-order valence-corrected chi connectivity index (χ1v) is 10.7. The van der Waals surface area contributed by atoms with Crippen LogP contribution in [0.15, 0.2) is 47.6 Å². The van der Waals surface area contributed by atoms with E-state index in [4.69, 9.17) is 4.74 Å². The molecule has 3 rings (SSSR count). The Morgan fingerprint density at radius 1 is 1.32 bits per heavy atom. The minimum atomic E-state index is -3.72. The highest BCUT2D eigenvalue weighted by Gasteiger charge is 2.27. The number of carbonyl (C=O) groups is 1. The van der Waals surface area contributed by atoms with Gasteiger partial charge in [-0.1, -0.05) is 6.07 Å². The van der Waals surface area contributed by atoms with Gasteiger partial charge in [-0.25, -0.2) is 8.42 Å². The molecule has 1 aliphatic heterocycles. The Labute approximate surface area is 166 Å². The minimum Gasteiger partial charge on any atom is -0.383 e. The molecule has 1 aromatic heterocycles. The van der Waals surface area contributed by atoms with Crippen molar-refractivity contribution in [3.05, 3.63) is 53.9 Å². The lowest BCUT2D eigenvalue weighted by Crippen LogP contribution is -2.35. The fraction of sp³-hybridized carbons (Fsp3) is 0.400. The van der Waals surface area contributed by atoms with Gasteiger partial charge in [0, 0.05) is 51.7 Å². The van der Waals surface area contributed by atoms with Gasteiger partial charge in [-0.05, 0) is 48.2 Å². The van der Waals surface area contributed by atoms with Crippen LogP contribution in [0.4, 0.5) is 5.69 Å². The molecule has 0 atom stereocenters. The maximum absolute atomic E-state index is 13.3. The van der Waals surface area contributed by atoms with Gasteiger partial charge in [-0.2, -0.15) is 4.31 Å². The highest BCUT2D eigenvalue weighted by molar-refractivity contribution is 7.89. The first kappa shape index (κ1) is 20.4. The van der Waals surface area contributed by atoms with Crippen LogP contribution in [0.2, 0.25) is 0 Å². The van der Waals surface area contributed by atoms with Crippen LogP contribution < -0.4 is 4.90 Å². The number of fused-ring (bicyclic) bond motifs is 1. The van der Waals surface area contributed by atoms with Gasteiger partial charge >= 0.3 is 0 Å². The summed E-state index contributed by atoms with van der Waals surface area (Å²) in [6.45, 7) is 2.94. The van der Waals surface area contributed by atoms with Crippen molar-refractivity contribution in [1.82, 2.24) is 9.29 Å². The van der Waals surface area contributed by atoms with Crippen molar-refractivity contribution in [2.24, 2.45) is 0 Å². The lowest BCUT2D eigenvalue weighted by molar-refractivity contribution is -0.116. The zero-order valence-electron chi connectivity index (χ0n) is 16.2. The van der Waals surface area contributed by atoms with E-state index < -0.39 is 10.0 Å². The molecule has 1 aromatic carbocycles. The van der Waals surface area contributed by atoms with E-state index in [1.807, 2.05) is 6.07 Å². The van der Waals surface area contributed by atoms with Crippen molar-refractivity contribution in [2.75, 3.05) is 31.7 Å². The van der Waals surface area contributed by atoms with Gasteiger partial charge in [0.25, 0.3) is 0 Å². The molecular formula is C20H25N3O4S. The van der Waals surface area contributed by atoms with E-state index in [1.54, 1.807) is 48.7 Å². The number of anilines is 1. The molecule has 0 unspecified atom stereocenters. The Morgan fingerprint density at radius 2 is 2.14 bits per heavy atom. The fourth-order valence-corrected chi connectivity index (χ4v) is 4.85. The smallest absolute Gasteiger partial charge is 0.243 e. The molecule has 8 heteroatoms. The Kier molecular flexibility index (Phi) is 6.43. The van der Waals surface area contributed by atoms with E-state index in [0.717, 1.165) is 29.7 Å². The number of benzene rings is 1. The van der Waals surface area contributed by atoms with E-state index in [2.05, 4.69) is 4.98 Å². The van der Waals surface area contributed by atoms with Gasteiger partial charge in [0.15, 0.2) is 0 Å². The normalized spacial score (nSPS) is 14.2. The number of pyridine rings is 1. The van der Waals surface area contributed by atoms with Crippen LogP contribution in [-0.2, 0) is 32.5 Å². The average molecular weight is 404 g/mol. The van der Waals surface area contributed by atoms with Crippen LogP contribution in [0, 0.1) is 0 Å². The Bertz CT molecular complexity index is 932. The second kappa shape index (κ2) is 8.81. The zero-order valence-corrected chi connectivity index (χ0v) is 17.0. The average Bonchev–Trinajstić information content (AvgIpc) is 2.70. The number of methoxy groups -OCH3 is 1. The van der Waals surface area contributed by atoms with E-state index in [9.17, 15) is 13.2 Å². The number of ether oxygens (including phenoxy) is 1. The maximum Gasteiger partial charge on any atom is 0.243 e. The standard InChI is InChI=1S/C20H25N3O4S/c1-16(24)23-10-4-6-18-13-19(7-8-20(18)23)28(25,26)22(11-12-27-2)15-17-5-3-9-21-14-17/h3,5,7-9,13-14H,4,6,10-12,15H2,1-2H3. The Balaban J connectivity index is 1.93. The molecule has 0 radical (unpaired) electrons. The van der Waals surface area contributed by atoms with Crippen LogP contribution in [0.5, 0.6) is 0 Å². The summed E-state index contributed by atoms with van der Waals surface area (Å²) in [7, 11) is -2.17. The molecule has 0 N–H and O–H groups in total. The van der Waals surface area contributed by atoms with Gasteiger partial charge in [-0.15, -0.1) is 0 Å². The SMILES string of the molecule is COCCN(Cc1cccnc1)S(=O)(=O)c1ccc2c(c1)CCCN2C(C)=O. The highest BCUT2D eigenvalue weighted by atomic mass is 32.2. The molecule has 0 fully saturated rings. The first-order valence-electron chi connectivity index (χ1n) is 9.22. The monoisotopic (exact) mass is 403 g/mol. The molecule has 0 saturated carbocycles. The predicted molar refractivity (Wildman–Crippen MR) is 106 cm³/mol. The van der Waals surface area contributed by atoms with Crippen LogP contribution in [0.1, 0.15) is 24.5 Å². The van der Waals surface area contributed by atoms with Crippen LogP contribution >= 0.6 is 0 Å². The molecule has 7 nitrogen and oxygen atoms in total. The van der Waals surface area contributed by atoms with E-state index in [0.29, 0.717) is 13.2 Å². The number of nitrogens with zero attached hydrogens (tertiary/aromatic N) is 3. The number of carbonyl (C=O) groups excluding carboxylic acids is 1. The lowest BCUT2D eigenvalue weighted by Gasteiger charge is -2.29. The van der Waals surface area contributed by atoms with Gasteiger partial charge in [-0.3, -0.25) is 9.78 Å². The summed E-state index contributed by atoms with van der Waals surface area (Å²) < 4.78 is 33.1. The molecule has 0 bridgehead atoms. The van der Waals surface area contributed by atoms with E-state index >= 15 is 0 Å². The summed E-state index contributed by atoms with van der Waals surface area (Å²) in [5.74, 6) is -0.0325. The number of hydrogen-bond acceptors (Lipinski definition) is 5. The highest BCUT2D eigenvalue weighted by Crippen LogP contribution is 2.30. The summed E-state index contributed by atoms with van der Waals surface area (Å²) in [5.41, 5.74) is 2.49. The van der Waals surface area contributed by atoms with Crippen molar-refractivity contribution in [3.8, 4) is 0 Å². The first-order chi connectivity index (χ1) is 13.4. The summed E-state index contributed by atoms with van der Waals surface area (Å²) in [6.07, 6.45) is 4.89. The number of sulfonamides is 1. The predicted octanol–water partition coefficient (Wildman–Crippen LogP) is 2.22. The summed E-state index contributed by atoms with van der Waals surface area (Å²) >= 11 is 0. The second-order valence-electron chi connectivity index (χ2n) is 6.76. The minimum absolute atomic E-state index is 0.0325. The molecular weight excluding hydrogens is 378 g/mol. The molecule has 1 amide bonds. The molecule has 2 heterocycles. The van der Waals surface area contributed by atoms with Crippen LogP contribution in [0.25, 0.3) is 0 Å². The summed E-state index contributed by atoms with van der Waals surface area (Å²) in [4.78, 5) is 17.9. The van der Waals surface area contributed by atoms with Crippen molar-refractivity contribution in [1.29, 1.82) is 0 Å². The van der Waals surface area contributed by atoms with Crippen LogP contribution in [-0.4, -0.2) is 50.4 Å². The largest absolute Gasteiger partial charge is 0.383 e. The van der Waals surface area contributed by atoms with Crippen molar-refractivity contribution in [3.63, 3.8) is 0 Å². The third-order valence-electron chi connectivity index (χ3n) is 4.81. The van der Waals surface area contributed by atoms with Crippen molar-refractivity contribution >= 4 is 21.6 Å². The molecule has 28 heavy (non-hydrogen) atoms. The number of rotatable bonds is 7. The van der Waals surface area contributed by atoms with Gasteiger partial charge in [0.1, 0.15) is 0 Å². The molecule has 0 spiro atoms. The zero-order chi connectivity index (χ0) is 20.1. The molecule has 0 saturated heterocycles. The third kappa shape index (κ3) is 4.40. The number of aromatic nitrogens is 1. The third-order valence-corrected chi connectivity index (χ3v) is 6.66. The molecule has 0 aliphatic carbocycles. The Morgan fingerprint density at radius 3 is 2.82 bits per heavy atom. The van der Waals surface area contributed by atoms with Crippen molar-refractivity contribution in [2.45, 2.75) is 31.2 Å². The van der Waals surface area contributed by atoms with E-state index in [1.165, 1.54) is 11.2 Å². The fourth-order valence-electron chi connectivity index (χ4n) is 3.38. The molecule has 150 valence electrons. The van der Waals surface area contributed by atoms with E-state index in [-0.39, 0.29) is 23.9 Å². The quantitative estimate of drug-likeness (QED) is 0.708. The topological polar surface area (TPSA) is 79.8 Å². The molecule has 1 aliphatic rings. The maximum atomic E-state index is 13.3. The van der Waals surface area contributed by atoms with Crippen LogP contribution in [0.3, 0.4) is 0 Å². The van der Waals surface area contributed by atoms with Gasteiger partial charge < -0.3 is 9.64 Å². The lowest BCUT2D eigenvalue weighted by atomic mass is 10.0. The number of amides is 1. The van der Waals surface area contributed by atoms with Gasteiger partial charge in [0.2, 0.25) is 15.9 Å².